The maximum absolute atomic E-state index is 12.9. The van der Waals surface area contributed by atoms with Crippen LogP contribution >= 0.6 is 11.3 Å². The van der Waals surface area contributed by atoms with Gasteiger partial charge in [-0.25, -0.2) is 9.37 Å². The van der Waals surface area contributed by atoms with Crippen molar-refractivity contribution in [1.29, 1.82) is 0 Å². The highest BCUT2D eigenvalue weighted by Crippen LogP contribution is 2.36. The van der Waals surface area contributed by atoms with Gasteiger partial charge in [0, 0.05) is 11.3 Å². The van der Waals surface area contributed by atoms with Crippen molar-refractivity contribution in [2.75, 3.05) is 5.73 Å². The molecule has 2 heterocycles. The number of aromatic nitrogens is 2. The van der Waals surface area contributed by atoms with E-state index in [2.05, 4.69) is 9.97 Å². The predicted molar refractivity (Wildman–Crippen MR) is 68.6 cm³/mol. The molecule has 0 fully saturated rings. The zero-order valence-corrected chi connectivity index (χ0v) is 10.5. The number of hydrogen-bond donors (Lipinski definition) is 2. The number of hydrogen-bond acceptors (Lipinski definition) is 5. The smallest absolute Gasteiger partial charge is 0.180 e. The van der Waals surface area contributed by atoms with Crippen LogP contribution < -0.4 is 11.5 Å². The monoisotopic (exact) mass is 264 g/mol. The van der Waals surface area contributed by atoms with Crippen molar-refractivity contribution in [3.63, 3.8) is 0 Å². The Morgan fingerprint density at radius 2 is 2.22 bits per heavy atom. The lowest BCUT2D eigenvalue weighted by atomic mass is 9.81. The minimum Gasteiger partial charge on any atom is -0.375 e. The van der Waals surface area contributed by atoms with Crippen molar-refractivity contribution >= 4 is 16.5 Å². The molecule has 0 bridgehead atoms. The van der Waals surface area contributed by atoms with Gasteiger partial charge < -0.3 is 11.5 Å². The molecule has 0 amide bonds. The number of thiazole rings is 1. The average Bonchev–Trinajstić information content (AvgIpc) is 2.69. The second kappa shape index (κ2) is 4.00. The number of rotatable bonds is 1. The van der Waals surface area contributed by atoms with Gasteiger partial charge >= 0.3 is 0 Å². The van der Waals surface area contributed by atoms with Crippen LogP contribution in [0.15, 0.2) is 18.3 Å². The summed E-state index contributed by atoms with van der Waals surface area (Å²) in [7, 11) is 0. The summed E-state index contributed by atoms with van der Waals surface area (Å²) in [6.45, 7) is 0. The molecular weight excluding hydrogens is 251 g/mol. The predicted octanol–water partition coefficient (Wildman–Crippen LogP) is 1.60. The molecule has 94 valence electrons. The second-order valence-corrected chi connectivity index (χ2v) is 5.73. The standard InChI is InChI=1S/C12H13FN4S/c13-7-1-2-10(16-6-7)12(15)4-3-8-9(5-12)18-11(14)17-8/h1-2,6H,3-5,15H2,(H2,14,17). The van der Waals surface area contributed by atoms with Gasteiger partial charge in [0.05, 0.1) is 23.1 Å². The van der Waals surface area contributed by atoms with Crippen molar-refractivity contribution in [2.45, 2.75) is 24.8 Å². The molecule has 1 aliphatic carbocycles. The van der Waals surface area contributed by atoms with Crippen molar-refractivity contribution in [1.82, 2.24) is 9.97 Å². The Balaban J connectivity index is 1.95. The molecular formula is C12H13FN4S. The minimum absolute atomic E-state index is 0.346. The summed E-state index contributed by atoms with van der Waals surface area (Å²) in [5, 5.41) is 0.580. The Labute approximate surface area is 108 Å². The summed E-state index contributed by atoms with van der Waals surface area (Å²) in [5.74, 6) is -0.346. The highest BCUT2D eigenvalue weighted by Gasteiger charge is 2.35. The molecule has 3 rings (SSSR count). The quantitative estimate of drug-likeness (QED) is 0.820. The van der Waals surface area contributed by atoms with E-state index in [1.165, 1.54) is 23.6 Å². The minimum atomic E-state index is -0.542. The molecule has 6 heteroatoms. The summed E-state index contributed by atoms with van der Waals surface area (Å²) in [5.41, 5.74) is 13.3. The van der Waals surface area contributed by atoms with Crippen LogP contribution in [-0.4, -0.2) is 9.97 Å². The molecule has 1 unspecified atom stereocenters. The van der Waals surface area contributed by atoms with E-state index in [0.29, 0.717) is 11.6 Å². The Bertz CT molecular complexity index is 580. The number of pyridine rings is 1. The van der Waals surface area contributed by atoms with E-state index in [4.69, 9.17) is 11.5 Å². The van der Waals surface area contributed by atoms with Gasteiger partial charge in [-0.2, -0.15) is 0 Å². The first-order valence-electron chi connectivity index (χ1n) is 5.72. The second-order valence-electron chi connectivity index (χ2n) is 4.62. The van der Waals surface area contributed by atoms with Crippen molar-refractivity contribution in [3.8, 4) is 0 Å². The number of fused-ring (bicyclic) bond motifs is 1. The van der Waals surface area contributed by atoms with Gasteiger partial charge in [-0.3, -0.25) is 4.98 Å². The van der Waals surface area contributed by atoms with Gasteiger partial charge in [0.2, 0.25) is 0 Å². The molecule has 4 N–H and O–H groups in total. The van der Waals surface area contributed by atoms with E-state index in [9.17, 15) is 4.39 Å². The molecule has 2 aromatic heterocycles. The van der Waals surface area contributed by atoms with Crippen LogP contribution in [0.1, 0.15) is 22.7 Å². The van der Waals surface area contributed by atoms with Crippen LogP contribution in [0.3, 0.4) is 0 Å². The Morgan fingerprint density at radius 3 is 2.94 bits per heavy atom. The number of nitrogens with two attached hydrogens (primary N) is 2. The van der Waals surface area contributed by atoms with Crippen LogP contribution in [0.5, 0.6) is 0 Å². The number of anilines is 1. The average molecular weight is 264 g/mol. The maximum atomic E-state index is 12.9. The van der Waals surface area contributed by atoms with Gasteiger partial charge in [0.15, 0.2) is 5.13 Å². The van der Waals surface area contributed by atoms with E-state index < -0.39 is 5.54 Å². The van der Waals surface area contributed by atoms with E-state index in [1.54, 1.807) is 6.07 Å². The first kappa shape index (κ1) is 11.6. The first-order chi connectivity index (χ1) is 8.57. The molecule has 1 aliphatic rings. The van der Waals surface area contributed by atoms with Gasteiger partial charge in [-0.15, -0.1) is 11.3 Å². The van der Waals surface area contributed by atoms with Gasteiger partial charge in [0.25, 0.3) is 0 Å². The molecule has 4 nitrogen and oxygen atoms in total. The molecule has 0 radical (unpaired) electrons. The maximum Gasteiger partial charge on any atom is 0.180 e. The molecule has 0 spiro atoms. The topological polar surface area (TPSA) is 77.8 Å². The Hall–Kier alpha value is -1.53. The van der Waals surface area contributed by atoms with Crippen LogP contribution in [0.2, 0.25) is 0 Å². The lowest BCUT2D eigenvalue weighted by Crippen LogP contribution is -2.42. The largest absolute Gasteiger partial charge is 0.375 e. The van der Waals surface area contributed by atoms with Crippen molar-refractivity contribution < 1.29 is 4.39 Å². The number of nitrogen functional groups attached to an aromatic ring is 1. The van der Waals surface area contributed by atoms with Crippen LogP contribution in [0.25, 0.3) is 0 Å². The third kappa shape index (κ3) is 1.87. The highest BCUT2D eigenvalue weighted by atomic mass is 32.1. The lowest BCUT2D eigenvalue weighted by Gasteiger charge is -2.32. The SMILES string of the molecule is Nc1nc2c(s1)CC(N)(c1ccc(F)cn1)CC2. The molecule has 18 heavy (non-hydrogen) atoms. The molecule has 0 aromatic carbocycles. The fourth-order valence-corrected chi connectivity index (χ4v) is 3.35. The fourth-order valence-electron chi connectivity index (χ4n) is 2.34. The van der Waals surface area contributed by atoms with Crippen LogP contribution in [0.4, 0.5) is 9.52 Å². The number of nitrogens with zero attached hydrogens (tertiary/aromatic N) is 2. The fraction of sp³-hybridized carbons (Fsp3) is 0.333. The summed E-state index contributed by atoms with van der Waals surface area (Å²) in [6, 6.07) is 3.05. The van der Waals surface area contributed by atoms with Crippen molar-refractivity contribution in [3.05, 3.63) is 40.4 Å². The summed E-state index contributed by atoms with van der Waals surface area (Å²) < 4.78 is 12.9. The van der Waals surface area contributed by atoms with Gasteiger partial charge in [-0.05, 0) is 25.0 Å². The zero-order chi connectivity index (χ0) is 12.8. The Morgan fingerprint density at radius 1 is 1.39 bits per heavy atom. The summed E-state index contributed by atoms with van der Waals surface area (Å²) in [4.78, 5) is 9.51. The van der Waals surface area contributed by atoms with E-state index in [-0.39, 0.29) is 5.82 Å². The molecule has 1 atom stereocenters. The highest BCUT2D eigenvalue weighted by molar-refractivity contribution is 7.15. The van der Waals surface area contributed by atoms with E-state index in [1.807, 2.05) is 0 Å². The van der Waals surface area contributed by atoms with Crippen molar-refractivity contribution in [2.24, 2.45) is 5.73 Å². The number of aryl methyl sites for hydroxylation is 1. The summed E-state index contributed by atoms with van der Waals surface area (Å²) in [6.07, 6.45) is 3.41. The molecule has 0 saturated heterocycles. The third-order valence-electron chi connectivity index (χ3n) is 3.32. The zero-order valence-electron chi connectivity index (χ0n) is 9.69. The van der Waals surface area contributed by atoms with Crippen LogP contribution in [-0.2, 0) is 18.4 Å². The number of halogens is 1. The molecule has 0 saturated carbocycles. The molecule has 2 aromatic rings. The van der Waals surface area contributed by atoms with Gasteiger partial charge in [0.1, 0.15) is 5.82 Å². The van der Waals surface area contributed by atoms with Gasteiger partial charge in [-0.1, -0.05) is 0 Å². The molecule has 0 aliphatic heterocycles. The summed E-state index contributed by atoms with van der Waals surface area (Å²) >= 11 is 1.48. The lowest BCUT2D eigenvalue weighted by molar-refractivity contribution is 0.374. The third-order valence-corrected chi connectivity index (χ3v) is 4.24. The Kier molecular flexibility index (Phi) is 2.57. The normalized spacial score (nSPS) is 22.8. The van der Waals surface area contributed by atoms with Crippen LogP contribution in [0, 0.1) is 5.82 Å². The van der Waals surface area contributed by atoms with E-state index >= 15 is 0 Å². The first-order valence-corrected chi connectivity index (χ1v) is 6.53. The van der Waals surface area contributed by atoms with E-state index in [0.717, 1.165) is 29.1 Å².